The predicted molar refractivity (Wildman–Crippen MR) is 93.3 cm³/mol. The molecule has 1 aliphatic carbocycles. The molecule has 0 radical (unpaired) electrons. The van der Waals surface area contributed by atoms with Crippen LogP contribution in [0.3, 0.4) is 0 Å². The lowest BCUT2D eigenvalue weighted by Gasteiger charge is -2.20. The fraction of sp³-hybridized carbons (Fsp3) is 0.579. The number of rotatable bonds is 3. The average molecular weight is 316 g/mol. The van der Waals surface area contributed by atoms with E-state index in [9.17, 15) is 9.59 Å². The first-order valence-corrected chi connectivity index (χ1v) is 8.21. The monoisotopic (exact) mass is 316 g/mol. The van der Waals surface area contributed by atoms with Crippen molar-refractivity contribution < 1.29 is 9.59 Å². The Kier molecular flexibility index (Phi) is 4.56. The van der Waals surface area contributed by atoms with Crippen LogP contribution < -0.4 is 10.6 Å². The summed E-state index contributed by atoms with van der Waals surface area (Å²) >= 11 is 0. The molecule has 0 aliphatic heterocycles. The highest BCUT2D eigenvalue weighted by Gasteiger charge is 2.48. The molecule has 0 spiro atoms. The Bertz CT molecular complexity index is 591. The summed E-state index contributed by atoms with van der Waals surface area (Å²) in [6.07, 6.45) is 0.633. The molecule has 0 aromatic heterocycles. The zero-order valence-electron chi connectivity index (χ0n) is 15.0. The highest BCUT2D eigenvalue weighted by atomic mass is 16.2. The molecule has 4 heteroatoms. The van der Waals surface area contributed by atoms with Crippen molar-refractivity contribution in [1.82, 2.24) is 5.32 Å². The maximum atomic E-state index is 12.2. The molecule has 0 saturated heterocycles. The molecule has 0 heterocycles. The molecule has 4 nitrogen and oxygen atoms in total. The first kappa shape index (κ1) is 17.5. The van der Waals surface area contributed by atoms with Gasteiger partial charge >= 0.3 is 0 Å². The van der Waals surface area contributed by atoms with E-state index in [1.165, 1.54) is 5.56 Å². The molecule has 1 aromatic carbocycles. The summed E-state index contributed by atoms with van der Waals surface area (Å²) in [6, 6.07) is 7.91. The Morgan fingerprint density at radius 3 is 1.91 bits per heavy atom. The molecular formula is C19H28N2O2. The van der Waals surface area contributed by atoms with Crippen LogP contribution in [0.25, 0.3) is 0 Å². The third-order valence-electron chi connectivity index (χ3n) is 3.98. The van der Waals surface area contributed by atoms with Gasteiger partial charge in [-0.2, -0.15) is 0 Å². The van der Waals surface area contributed by atoms with Crippen LogP contribution in [-0.2, 0) is 15.0 Å². The van der Waals surface area contributed by atoms with E-state index in [0.29, 0.717) is 6.42 Å². The van der Waals surface area contributed by atoms with E-state index >= 15 is 0 Å². The number of benzene rings is 1. The number of carbonyl (C=O) groups is 2. The molecule has 2 N–H and O–H groups in total. The Morgan fingerprint density at radius 1 is 0.913 bits per heavy atom. The van der Waals surface area contributed by atoms with Gasteiger partial charge in [-0.3, -0.25) is 9.59 Å². The second kappa shape index (κ2) is 5.99. The lowest BCUT2D eigenvalue weighted by Crippen LogP contribution is -2.42. The predicted octanol–water partition coefficient (Wildman–Crippen LogP) is 3.47. The fourth-order valence-electron chi connectivity index (χ4n) is 2.53. The van der Waals surface area contributed by atoms with Crippen molar-refractivity contribution in [1.29, 1.82) is 0 Å². The van der Waals surface area contributed by atoms with Crippen LogP contribution in [0.1, 0.15) is 53.5 Å². The zero-order chi connectivity index (χ0) is 17.4. The van der Waals surface area contributed by atoms with E-state index < -0.39 is 0 Å². The number of carbonyl (C=O) groups excluding carboxylic acids is 2. The van der Waals surface area contributed by atoms with Crippen molar-refractivity contribution in [3.63, 3.8) is 0 Å². The third-order valence-corrected chi connectivity index (χ3v) is 3.98. The highest BCUT2D eigenvalue weighted by molar-refractivity contribution is 5.99. The SMILES string of the molecule is CC(C)(C)NC(=O)C1CC1C(=O)Nc1ccc(C(C)(C)C)cc1. The number of hydrogen-bond acceptors (Lipinski definition) is 2. The number of anilines is 1. The summed E-state index contributed by atoms with van der Waals surface area (Å²) in [4.78, 5) is 24.3. The molecule has 1 saturated carbocycles. The first-order valence-electron chi connectivity index (χ1n) is 8.21. The van der Waals surface area contributed by atoms with Gasteiger partial charge in [0.25, 0.3) is 0 Å². The molecule has 2 rings (SSSR count). The second-order valence-corrected chi connectivity index (χ2v) is 8.50. The summed E-state index contributed by atoms with van der Waals surface area (Å²) in [7, 11) is 0. The lowest BCUT2D eigenvalue weighted by atomic mass is 9.87. The van der Waals surface area contributed by atoms with Gasteiger partial charge in [-0.25, -0.2) is 0 Å². The van der Waals surface area contributed by atoms with Crippen LogP contribution in [-0.4, -0.2) is 17.4 Å². The van der Waals surface area contributed by atoms with E-state index in [2.05, 4.69) is 31.4 Å². The number of nitrogens with one attached hydrogen (secondary N) is 2. The maximum Gasteiger partial charge on any atom is 0.228 e. The maximum absolute atomic E-state index is 12.2. The summed E-state index contributed by atoms with van der Waals surface area (Å²) in [6.45, 7) is 12.3. The van der Waals surface area contributed by atoms with Crippen LogP contribution in [0.15, 0.2) is 24.3 Å². The minimum Gasteiger partial charge on any atom is -0.351 e. The van der Waals surface area contributed by atoms with Gasteiger partial charge in [0.15, 0.2) is 0 Å². The van der Waals surface area contributed by atoms with E-state index in [-0.39, 0.29) is 34.6 Å². The largest absolute Gasteiger partial charge is 0.351 e. The molecule has 1 fully saturated rings. The molecule has 2 atom stereocenters. The van der Waals surface area contributed by atoms with Gasteiger partial charge < -0.3 is 10.6 Å². The fourth-order valence-corrected chi connectivity index (χ4v) is 2.53. The standard InChI is InChI=1S/C19H28N2O2/c1-18(2,3)12-7-9-13(10-8-12)20-16(22)14-11-15(14)17(23)21-19(4,5)6/h7-10,14-15H,11H2,1-6H3,(H,20,22)(H,21,23). The van der Waals surface area contributed by atoms with Crippen LogP contribution in [0, 0.1) is 11.8 Å². The van der Waals surface area contributed by atoms with Crippen molar-refractivity contribution in [2.24, 2.45) is 11.8 Å². The molecule has 2 unspecified atom stereocenters. The van der Waals surface area contributed by atoms with Gasteiger partial charge in [-0.15, -0.1) is 0 Å². The molecule has 2 amide bonds. The second-order valence-electron chi connectivity index (χ2n) is 8.50. The molecular weight excluding hydrogens is 288 g/mol. The van der Waals surface area contributed by atoms with Crippen LogP contribution in [0.5, 0.6) is 0 Å². The van der Waals surface area contributed by atoms with Crippen LogP contribution in [0.4, 0.5) is 5.69 Å². The molecule has 23 heavy (non-hydrogen) atoms. The molecule has 126 valence electrons. The Labute approximate surface area is 139 Å². The first-order chi connectivity index (χ1) is 10.5. The molecule has 1 aromatic rings. The Morgan fingerprint density at radius 2 is 1.43 bits per heavy atom. The van der Waals surface area contributed by atoms with Crippen molar-refractivity contribution >= 4 is 17.5 Å². The van der Waals surface area contributed by atoms with E-state index in [0.717, 1.165) is 5.69 Å². The topological polar surface area (TPSA) is 58.2 Å². The van der Waals surface area contributed by atoms with Gasteiger partial charge in [0, 0.05) is 11.2 Å². The van der Waals surface area contributed by atoms with Gasteiger partial charge in [0.1, 0.15) is 0 Å². The van der Waals surface area contributed by atoms with Crippen LogP contribution in [0.2, 0.25) is 0 Å². The summed E-state index contributed by atoms with van der Waals surface area (Å²) in [5.74, 6) is -0.494. The smallest absolute Gasteiger partial charge is 0.228 e. The number of hydrogen-bond donors (Lipinski definition) is 2. The van der Waals surface area contributed by atoms with Crippen molar-refractivity contribution in [2.45, 2.75) is 58.9 Å². The van der Waals surface area contributed by atoms with Gasteiger partial charge in [0.2, 0.25) is 11.8 Å². The lowest BCUT2D eigenvalue weighted by molar-refractivity contribution is -0.126. The average Bonchev–Trinajstić information content (AvgIpc) is 3.16. The normalized spacial score (nSPS) is 20.8. The summed E-state index contributed by atoms with van der Waals surface area (Å²) in [5, 5.41) is 5.85. The van der Waals surface area contributed by atoms with E-state index in [1.54, 1.807) is 0 Å². The van der Waals surface area contributed by atoms with E-state index in [4.69, 9.17) is 0 Å². The Balaban J connectivity index is 1.90. The van der Waals surface area contributed by atoms with Crippen LogP contribution >= 0.6 is 0 Å². The van der Waals surface area contributed by atoms with Crippen molar-refractivity contribution in [2.75, 3.05) is 5.32 Å². The minimum absolute atomic E-state index is 0.0271. The molecule has 1 aliphatic rings. The van der Waals surface area contributed by atoms with E-state index in [1.807, 2.05) is 45.0 Å². The highest BCUT2D eigenvalue weighted by Crippen LogP contribution is 2.40. The van der Waals surface area contributed by atoms with Crippen molar-refractivity contribution in [3.05, 3.63) is 29.8 Å². The van der Waals surface area contributed by atoms with Gasteiger partial charge in [-0.05, 0) is 50.3 Å². The minimum atomic E-state index is -0.260. The molecule has 0 bridgehead atoms. The van der Waals surface area contributed by atoms with Crippen molar-refractivity contribution in [3.8, 4) is 0 Å². The Hall–Kier alpha value is -1.84. The summed E-state index contributed by atoms with van der Waals surface area (Å²) < 4.78 is 0. The zero-order valence-corrected chi connectivity index (χ0v) is 15.0. The third kappa shape index (κ3) is 4.81. The summed E-state index contributed by atoms with van der Waals surface area (Å²) in [5.41, 5.74) is 1.84. The van der Waals surface area contributed by atoms with Gasteiger partial charge in [0.05, 0.1) is 11.8 Å². The number of amides is 2. The quantitative estimate of drug-likeness (QED) is 0.897. The van der Waals surface area contributed by atoms with Gasteiger partial charge in [-0.1, -0.05) is 32.9 Å².